The van der Waals surface area contributed by atoms with Crippen LogP contribution in [0.1, 0.15) is 168 Å². The minimum atomic E-state index is -4.63. The lowest BCUT2D eigenvalue weighted by Gasteiger charge is -2.20. The van der Waals surface area contributed by atoms with Crippen LogP contribution in [0.25, 0.3) is 0 Å². The number of phosphoric ester groups is 1. The van der Waals surface area contributed by atoms with Crippen molar-refractivity contribution in [1.82, 2.24) is 0 Å². The highest BCUT2D eigenvalue weighted by molar-refractivity contribution is 7.47. The van der Waals surface area contributed by atoms with Crippen LogP contribution in [0.4, 0.5) is 0 Å². The van der Waals surface area contributed by atoms with Gasteiger partial charge in [-0.1, -0.05) is 158 Å². The third kappa shape index (κ3) is 39.7. The van der Waals surface area contributed by atoms with Gasteiger partial charge in [0.25, 0.3) is 0 Å². The topological polar surface area (TPSA) is 149 Å². The van der Waals surface area contributed by atoms with Crippen molar-refractivity contribution in [2.24, 2.45) is 0 Å². The average Bonchev–Trinajstić information content (AvgIpc) is 3.17. The first kappa shape index (κ1) is 52.7. The molecule has 0 aromatic rings. The van der Waals surface area contributed by atoms with E-state index in [-0.39, 0.29) is 19.4 Å². The number of phosphoric acid groups is 1. The van der Waals surface area contributed by atoms with Crippen LogP contribution in [0.2, 0.25) is 0 Å². The molecule has 10 nitrogen and oxygen atoms in total. The Morgan fingerprint density at radius 3 is 1.51 bits per heavy atom. The fourth-order valence-corrected chi connectivity index (χ4v) is 6.22. The first-order valence-corrected chi connectivity index (χ1v) is 22.7. The summed E-state index contributed by atoms with van der Waals surface area (Å²) in [6, 6.07) is 0. The van der Waals surface area contributed by atoms with Crippen LogP contribution >= 0.6 is 7.82 Å². The van der Waals surface area contributed by atoms with E-state index < -0.39 is 51.8 Å². The molecule has 0 saturated carbocycles. The number of allylic oxidation sites excluding steroid dienone is 10. The summed E-state index contributed by atoms with van der Waals surface area (Å²) in [7, 11) is -4.63. The van der Waals surface area contributed by atoms with Crippen molar-refractivity contribution in [2.75, 3.05) is 26.4 Å². The van der Waals surface area contributed by atoms with E-state index in [1.165, 1.54) is 57.8 Å². The molecule has 0 aromatic carbocycles. The van der Waals surface area contributed by atoms with Crippen LogP contribution < -0.4 is 0 Å². The zero-order valence-corrected chi connectivity index (χ0v) is 35.3. The van der Waals surface area contributed by atoms with E-state index in [0.717, 1.165) is 70.6 Å². The van der Waals surface area contributed by atoms with E-state index in [4.69, 9.17) is 19.1 Å². The number of carbonyl (C=O) groups excluding carboxylic acids is 2. The Morgan fingerprint density at radius 2 is 1.00 bits per heavy atom. The first-order valence-electron chi connectivity index (χ1n) is 21.2. The summed E-state index contributed by atoms with van der Waals surface area (Å²) in [6.45, 7) is 2.22. The second-order valence-electron chi connectivity index (χ2n) is 14.0. The van der Waals surface area contributed by atoms with E-state index in [1.807, 2.05) is 0 Å². The summed E-state index contributed by atoms with van der Waals surface area (Å²) in [5.74, 6) is -0.964. The Balaban J connectivity index is 4.38. The number of rotatable bonds is 39. The van der Waals surface area contributed by atoms with Gasteiger partial charge in [0, 0.05) is 12.8 Å². The van der Waals surface area contributed by atoms with Crippen LogP contribution in [0, 0.1) is 0 Å². The van der Waals surface area contributed by atoms with Crippen molar-refractivity contribution < 1.29 is 47.8 Å². The number of ether oxygens (including phenoxy) is 2. The maximum absolute atomic E-state index is 12.6. The van der Waals surface area contributed by atoms with Crippen LogP contribution in [-0.2, 0) is 32.7 Å². The minimum Gasteiger partial charge on any atom is -0.462 e. The van der Waals surface area contributed by atoms with Crippen molar-refractivity contribution in [2.45, 2.75) is 180 Å². The van der Waals surface area contributed by atoms with Gasteiger partial charge in [-0.25, -0.2) is 4.57 Å². The van der Waals surface area contributed by atoms with Gasteiger partial charge >= 0.3 is 19.8 Å². The van der Waals surface area contributed by atoms with Crippen LogP contribution in [-0.4, -0.2) is 65.7 Å². The van der Waals surface area contributed by atoms with Crippen molar-refractivity contribution in [3.63, 3.8) is 0 Å². The zero-order chi connectivity index (χ0) is 40.5. The highest BCUT2D eigenvalue weighted by Crippen LogP contribution is 2.43. The van der Waals surface area contributed by atoms with Gasteiger partial charge in [0.1, 0.15) is 12.7 Å². The highest BCUT2D eigenvalue weighted by atomic mass is 31.2. The van der Waals surface area contributed by atoms with Crippen molar-refractivity contribution in [3.8, 4) is 0 Å². The molecule has 0 aromatic heterocycles. The summed E-state index contributed by atoms with van der Waals surface area (Å²) in [6.07, 6.45) is 43.3. The molecule has 0 spiro atoms. The zero-order valence-electron chi connectivity index (χ0n) is 34.4. The molecule has 0 aliphatic rings. The average molecular weight is 797 g/mol. The van der Waals surface area contributed by atoms with Crippen LogP contribution in [0.5, 0.6) is 0 Å². The Kier molecular flexibility index (Phi) is 38.2. The number of hydrogen-bond donors (Lipinski definition) is 3. The molecule has 3 N–H and O–H groups in total. The molecule has 0 saturated heterocycles. The smallest absolute Gasteiger partial charge is 0.462 e. The summed E-state index contributed by atoms with van der Waals surface area (Å²) < 4.78 is 32.7. The second-order valence-corrected chi connectivity index (χ2v) is 15.4. The fourth-order valence-electron chi connectivity index (χ4n) is 5.43. The Labute approximate surface area is 334 Å². The number of esters is 2. The fraction of sp³-hybridized carbons (Fsp3) is 0.727. The molecule has 3 atom stereocenters. The monoisotopic (exact) mass is 797 g/mol. The van der Waals surface area contributed by atoms with Gasteiger partial charge in [0.15, 0.2) is 6.10 Å². The molecule has 1 unspecified atom stereocenters. The van der Waals surface area contributed by atoms with Crippen molar-refractivity contribution >= 4 is 19.8 Å². The molecular formula is C44H77O10P. The quantitative estimate of drug-likeness (QED) is 0.0237. The summed E-state index contributed by atoms with van der Waals surface area (Å²) in [5, 5.41) is 18.3. The second kappa shape index (κ2) is 39.9. The molecule has 0 aliphatic carbocycles. The van der Waals surface area contributed by atoms with E-state index in [9.17, 15) is 24.2 Å². The van der Waals surface area contributed by atoms with Crippen molar-refractivity contribution in [3.05, 3.63) is 60.8 Å². The molecule has 0 amide bonds. The van der Waals surface area contributed by atoms with Gasteiger partial charge in [0.05, 0.1) is 19.8 Å². The first-order chi connectivity index (χ1) is 26.7. The lowest BCUT2D eigenvalue weighted by Crippen LogP contribution is -2.29. The minimum absolute atomic E-state index is 0.144. The number of unbranched alkanes of at least 4 members (excludes halogenated alkanes) is 15. The molecule has 0 fully saturated rings. The van der Waals surface area contributed by atoms with Crippen molar-refractivity contribution in [1.29, 1.82) is 0 Å². The van der Waals surface area contributed by atoms with Crippen LogP contribution in [0.3, 0.4) is 0 Å². The summed E-state index contributed by atoms with van der Waals surface area (Å²) >= 11 is 0. The molecule has 0 aliphatic heterocycles. The molecule has 0 heterocycles. The number of aliphatic hydroxyl groups is 2. The maximum atomic E-state index is 12.6. The summed E-state index contributed by atoms with van der Waals surface area (Å²) in [5.41, 5.74) is 0. The summed E-state index contributed by atoms with van der Waals surface area (Å²) in [4.78, 5) is 34.9. The number of carbonyl (C=O) groups is 2. The third-order valence-corrected chi connectivity index (χ3v) is 9.64. The van der Waals surface area contributed by atoms with E-state index in [2.05, 4.69) is 79.1 Å². The molecule has 55 heavy (non-hydrogen) atoms. The van der Waals surface area contributed by atoms with Crippen LogP contribution in [0.15, 0.2) is 60.8 Å². The molecule has 0 radical (unpaired) electrons. The largest absolute Gasteiger partial charge is 0.472 e. The van der Waals surface area contributed by atoms with E-state index in [1.54, 1.807) is 0 Å². The molecule has 0 bridgehead atoms. The maximum Gasteiger partial charge on any atom is 0.472 e. The van der Waals surface area contributed by atoms with Gasteiger partial charge in [-0.3, -0.25) is 18.6 Å². The Hall–Kier alpha value is -2.33. The molecule has 0 rings (SSSR count). The van der Waals surface area contributed by atoms with E-state index >= 15 is 0 Å². The SMILES string of the molecule is CC/C=C\C/C=C\C/C=C\C/C=C\C/C=C\CCCCCC(=O)O[C@H](COC(=O)CCCCCCCCCCCCCCC)COP(=O)(O)OC[C@@H](O)CO. The lowest BCUT2D eigenvalue weighted by atomic mass is 10.0. The van der Waals surface area contributed by atoms with Gasteiger partial charge < -0.3 is 24.6 Å². The van der Waals surface area contributed by atoms with Gasteiger partial charge in [0.2, 0.25) is 0 Å². The normalized spacial score (nSPS) is 14.5. The standard InChI is InChI=1S/C44H77O10P/c1-3-5-7-9-11-13-15-17-18-19-20-21-22-24-26-28-30-32-34-36-44(48)54-42(40-53-55(49,50)52-38-41(46)37-45)39-51-43(47)35-33-31-29-27-25-23-16-14-12-10-8-6-4-2/h5,7,11,13,17-18,20-21,24,26,41-42,45-46H,3-4,6,8-10,12,14-16,19,22-23,25,27-40H2,1-2H3,(H,49,50)/b7-5-,13-11-,18-17-,21-20-,26-24-/t41-,42+/m0/s1. The Bertz CT molecular complexity index is 1100. The third-order valence-electron chi connectivity index (χ3n) is 8.69. The molecule has 318 valence electrons. The molecular weight excluding hydrogens is 719 g/mol. The highest BCUT2D eigenvalue weighted by Gasteiger charge is 2.27. The predicted molar refractivity (Wildman–Crippen MR) is 224 cm³/mol. The molecule has 11 heteroatoms. The van der Waals surface area contributed by atoms with Gasteiger partial charge in [-0.05, 0) is 57.8 Å². The number of hydrogen-bond acceptors (Lipinski definition) is 9. The predicted octanol–water partition coefficient (Wildman–Crippen LogP) is 11.1. The lowest BCUT2D eigenvalue weighted by molar-refractivity contribution is -0.161. The van der Waals surface area contributed by atoms with E-state index in [0.29, 0.717) is 12.8 Å². The number of aliphatic hydroxyl groups excluding tert-OH is 2. The van der Waals surface area contributed by atoms with Gasteiger partial charge in [-0.15, -0.1) is 0 Å². The Morgan fingerprint density at radius 1 is 0.564 bits per heavy atom. The van der Waals surface area contributed by atoms with Gasteiger partial charge in [-0.2, -0.15) is 0 Å².